The highest BCUT2D eigenvalue weighted by molar-refractivity contribution is 7.90. The second-order valence-electron chi connectivity index (χ2n) is 8.86. The van der Waals surface area contributed by atoms with Crippen molar-refractivity contribution in [3.05, 3.63) is 65.0 Å². The molecule has 34 heavy (non-hydrogen) atoms. The van der Waals surface area contributed by atoms with Crippen LogP contribution in [0.5, 0.6) is 0 Å². The van der Waals surface area contributed by atoms with Gasteiger partial charge in [0.15, 0.2) is 9.84 Å². The summed E-state index contributed by atoms with van der Waals surface area (Å²) < 4.78 is 64.2. The van der Waals surface area contributed by atoms with Gasteiger partial charge in [-0.05, 0) is 55.9 Å². The summed E-state index contributed by atoms with van der Waals surface area (Å²) in [5.74, 6) is -1.71. The number of amides is 2. The fraction of sp³-hybridized carbons (Fsp3) is 0.417. The molecular formula is C24H25F3N2O4S. The number of carbonyl (C=O) groups is 2. The first kappa shape index (κ1) is 24.3. The second kappa shape index (κ2) is 9.40. The van der Waals surface area contributed by atoms with Crippen molar-refractivity contribution < 1.29 is 31.2 Å². The van der Waals surface area contributed by atoms with Crippen LogP contribution < -0.4 is 5.32 Å². The molecule has 1 heterocycles. The van der Waals surface area contributed by atoms with Crippen molar-refractivity contribution in [3.8, 4) is 0 Å². The zero-order chi connectivity index (χ0) is 24.6. The predicted molar refractivity (Wildman–Crippen MR) is 119 cm³/mol. The van der Waals surface area contributed by atoms with Crippen molar-refractivity contribution in [1.82, 2.24) is 10.2 Å². The number of nitrogens with zero attached hydrogens (tertiary/aromatic N) is 1. The Morgan fingerprint density at radius 3 is 2.44 bits per heavy atom. The van der Waals surface area contributed by atoms with Gasteiger partial charge in [-0.15, -0.1) is 0 Å². The molecule has 2 amide bonds. The van der Waals surface area contributed by atoms with Crippen LogP contribution in [0.25, 0.3) is 0 Å². The minimum Gasteiger partial charge on any atom is -0.347 e. The lowest BCUT2D eigenvalue weighted by Gasteiger charge is -2.27. The van der Waals surface area contributed by atoms with Gasteiger partial charge in [0, 0.05) is 29.5 Å². The summed E-state index contributed by atoms with van der Waals surface area (Å²) in [6.07, 6.45) is 0.790. The molecule has 2 aromatic rings. The third kappa shape index (κ3) is 5.11. The summed E-state index contributed by atoms with van der Waals surface area (Å²) >= 11 is 0. The third-order valence-corrected chi connectivity index (χ3v) is 7.44. The van der Waals surface area contributed by atoms with Gasteiger partial charge < -0.3 is 10.2 Å². The number of rotatable bonds is 7. The number of nitrogens with one attached hydrogen (secondary N) is 1. The van der Waals surface area contributed by atoms with Gasteiger partial charge in [-0.1, -0.05) is 18.2 Å². The quantitative estimate of drug-likeness (QED) is 0.630. The molecule has 1 N–H and O–H groups in total. The highest BCUT2D eigenvalue weighted by Gasteiger charge is 2.40. The minimum absolute atomic E-state index is 0.00662. The average Bonchev–Trinajstić information content (AvgIpc) is 3.51. The van der Waals surface area contributed by atoms with Crippen LogP contribution in [0.15, 0.2) is 47.4 Å². The SMILES string of the molecule is CS(=O)(=O)c1cccc(C(=O)N2CCC[C@@H]2C(=O)NC(c2ccc(C(F)F)cc2F)C2CC2)c1. The lowest BCUT2D eigenvalue weighted by atomic mass is 9.99. The van der Waals surface area contributed by atoms with E-state index in [4.69, 9.17) is 0 Å². The molecule has 2 aromatic carbocycles. The first-order chi connectivity index (χ1) is 16.1. The average molecular weight is 495 g/mol. The second-order valence-corrected chi connectivity index (χ2v) is 10.9. The first-order valence-corrected chi connectivity index (χ1v) is 12.9. The molecule has 0 aromatic heterocycles. The summed E-state index contributed by atoms with van der Waals surface area (Å²) in [6.45, 7) is 0.325. The predicted octanol–water partition coefficient (Wildman–Crippen LogP) is 4.04. The van der Waals surface area contributed by atoms with E-state index in [0.29, 0.717) is 19.4 Å². The Hall–Kier alpha value is -2.88. The molecule has 0 spiro atoms. The van der Waals surface area contributed by atoms with E-state index in [1.807, 2.05) is 0 Å². The zero-order valence-electron chi connectivity index (χ0n) is 18.5. The molecule has 0 radical (unpaired) electrons. The van der Waals surface area contributed by atoms with Gasteiger partial charge in [-0.3, -0.25) is 9.59 Å². The van der Waals surface area contributed by atoms with Crippen LogP contribution in [0, 0.1) is 11.7 Å². The highest BCUT2D eigenvalue weighted by Crippen LogP contribution is 2.42. The van der Waals surface area contributed by atoms with Crippen LogP contribution in [0.3, 0.4) is 0 Å². The third-order valence-electron chi connectivity index (χ3n) is 6.33. The number of halogens is 3. The van der Waals surface area contributed by atoms with Crippen LogP contribution in [-0.4, -0.2) is 44.0 Å². The Bertz CT molecular complexity index is 1210. The van der Waals surface area contributed by atoms with Crippen LogP contribution in [0.1, 0.15) is 59.6 Å². The molecule has 1 unspecified atom stereocenters. The molecule has 2 aliphatic rings. The van der Waals surface area contributed by atoms with E-state index in [0.717, 1.165) is 31.2 Å². The molecule has 10 heteroatoms. The van der Waals surface area contributed by atoms with E-state index in [1.165, 1.54) is 35.2 Å². The molecule has 1 aliphatic carbocycles. The van der Waals surface area contributed by atoms with Gasteiger partial charge in [-0.25, -0.2) is 21.6 Å². The van der Waals surface area contributed by atoms with Gasteiger partial charge in [0.25, 0.3) is 12.3 Å². The van der Waals surface area contributed by atoms with E-state index in [1.54, 1.807) is 0 Å². The topological polar surface area (TPSA) is 83.6 Å². The molecular weight excluding hydrogens is 469 g/mol. The maximum atomic E-state index is 14.6. The number of likely N-dealkylation sites (tertiary alicyclic amines) is 1. The summed E-state index contributed by atoms with van der Waals surface area (Å²) in [5.41, 5.74) is -0.113. The fourth-order valence-corrected chi connectivity index (χ4v) is 5.03. The van der Waals surface area contributed by atoms with Gasteiger partial charge in [0.1, 0.15) is 11.9 Å². The molecule has 182 valence electrons. The Balaban J connectivity index is 1.53. The zero-order valence-corrected chi connectivity index (χ0v) is 19.3. The smallest absolute Gasteiger partial charge is 0.263 e. The minimum atomic E-state index is -3.51. The van der Waals surface area contributed by atoms with Crippen molar-refractivity contribution in [3.63, 3.8) is 0 Å². The van der Waals surface area contributed by atoms with Crippen molar-refractivity contribution >= 4 is 21.7 Å². The molecule has 1 saturated heterocycles. The van der Waals surface area contributed by atoms with Crippen molar-refractivity contribution in [2.75, 3.05) is 12.8 Å². The Labute approximate surface area is 196 Å². The van der Waals surface area contributed by atoms with E-state index >= 15 is 0 Å². The van der Waals surface area contributed by atoms with Gasteiger partial charge in [0.05, 0.1) is 10.9 Å². The molecule has 1 aliphatic heterocycles. The van der Waals surface area contributed by atoms with Gasteiger partial charge >= 0.3 is 0 Å². The number of hydrogen-bond donors (Lipinski definition) is 1. The van der Waals surface area contributed by atoms with E-state index in [9.17, 15) is 31.2 Å². The Morgan fingerprint density at radius 2 is 1.82 bits per heavy atom. The summed E-state index contributed by atoms with van der Waals surface area (Å²) in [7, 11) is -3.51. The number of carbonyl (C=O) groups excluding carboxylic acids is 2. The highest BCUT2D eigenvalue weighted by atomic mass is 32.2. The number of sulfone groups is 1. The Morgan fingerprint density at radius 1 is 1.09 bits per heavy atom. The number of hydrogen-bond acceptors (Lipinski definition) is 4. The van der Waals surface area contributed by atoms with E-state index in [2.05, 4.69) is 5.32 Å². The fourth-order valence-electron chi connectivity index (χ4n) is 4.37. The summed E-state index contributed by atoms with van der Waals surface area (Å²) in [6, 6.07) is 7.43. The summed E-state index contributed by atoms with van der Waals surface area (Å²) in [4.78, 5) is 27.7. The van der Waals surface area contributed by atoms with Crippen LogP contribution in [0.2, 0.25) is 0 Å². The lowest BCUT2D eigenvalue weighted by molar-refractivity contribution is -0.125. The van der Waals surface area contributed by atoms with Crippen molar-refractivity contribution in [2.45, 2.75) is 49.1 Å². The molecule has 1 saturated carbocycles. The lowest BCUT2D eigenvalue weighted by Crippen LogP contribution is -2.47. The first-order valence-electron chi connectivity index (χ1n) is 11.0. The van der Waals surface area contributed by atoms with E-state index < -0.39 is 51.5 Å². The van der Waals surface area contributed by atoms with Crippen molar-refractivity contribution in [2.24, 2.45) is 5.92 Å². The van der Waals surface area contributed by atoms with Crippen LogP contribution in [0.4, 0.5) is 13.2 Å². The van der Waals surface area contributed by atoms with Crippen molar-refractivity contribution in [1.29, 1.82) is 0 Å². The largest absolute Gasteiger partial charge is 0.347 e. The maximum absolute atomic E-state index is 14.6. The molecule has 6 nitrogen and oxygen atoms in total. The standard InChI is InChI=1S/C24H25F3N2O4S/c1-34(32,33)17-5-2-4-16(12-17)24(31)29-11-3-6-20(29)23(30)28-21(14-7-8-14)18-10-9-15(22(26)27)13-19(18)25/h2,4-5,9-10,12-14,20-22H,3,6-8,11H2,1H3,(H,28,30)/t20-,21?/m1/s1. The van der Waals surface area contributed by atoms with Gasteiger partial charge in [0.2, 0.25) is 5.91 Å². The molecule has 0 bridgehead atoms. The summed E-state index contributed by atoms with van der Waals surface area (Å²) in [5, 5.41) is 2.84. The maximum Gasteiger partial charge on any atom is 0.263 e. The number of alkyl halides is 2. The molecule has 4 rings (SSSR count). The molecule has 2 fully saturated rings. The van der Waals surface area contributed by atoms with Gasteiger partial charge in [-0.2, -0.15) is 0 Å². The van der Waals surface area contributed by atoms with Crippen LogP contribution >= 0.6 is 0 Å². The van der Waals surface area contributed by atoms with Crippen LogP contribution in [-0.2, 0) is 14.6 Å². The molecule has 2 atom stereocenters. The Kier molecular flexibility index (Phi) is 6.71. The number of benzene rings is 2. The monoisotopic (exact) mass is 494 g/mol. The van der Waals surface area contributed by atoms with E-state index in [-0.39, 0.29) is 21.9 Å². The normalized spacial score (nSPS) is 19.3.